The Morgan fingerprint density at radius 1 is 1.28 bits per heavy atom. The molecule has 1 aromatic carbocycles. The van der Waals surface area contributed by atoms with E-state index in [1.54, 1.807) is 16.8 Å². The van der Waals surface area contributed by atoms with Gasteiger partial charge < -0.3 is 24.7 Å². The minimum atomic E-state index is -0.924. The minimum absolute atomic E-state index is 0.0879. The molecule has 1 saturated heterocycles. The van der Waals surface area contributed by atoms with Crippen LogP contribution in [0.5, 0.6) is 0 Å². The van der Waals surface area contributed by atoms with Crippen LogP contribution in [0.15, 0.2) is 30.5 Å². The van der Waals surface area contributed by atoms with Crippen molar-refractivity contribution < 1.29 is 27.8 Å². The molecule has 0 spiro atoms. The summed E-state index contributed by atoms with van der Waals surface area (Å²) in [6.07, 6.45) is 3.92. The molecule has 0 aliphatic carbocycles. The normalized spacial score (nSPS) is 16.2. The molecule has 2 atom stereocenters. The Bertz CT molecular complexity index is 1270. The maximum atomic E-state index is 13.6. The smallest absolute Gasteiger partial charge is 0.356 e. The molecule has 1 aliphatic heterocycles. The summed E-state index contributed by atoms with van der Waals surface area (Å²) in [5, 5.41) is 6.62. The number of rotatable bonds is 9. The van der Waals surface area contributed by atoms with Crippen molar-refractivity contribution in [3.8, 4) is 0 Å². The van der Waals surface area contributed by atoms with Gasteiger partial charge in [-0.2, -0.15) is 0 Å². The maximum Gasteiger partial charge on any atom is 0.356 e. The minimum Gasteiger partial charge on any atom is -0.464 e. The van der Waals surface area contributed by atoms with Crippen LogP contribution >= 0.6 is 0 Å². The summed E-state index contributed by atoms with van der Waals surface area (Å²) in [5.41, 5.74) is 2.15. The lowest BCUT2D eigenvalue weighted by Gasteiger charge is -2.15. The number of carbonyl (C=O) groups excluding carboxylic acids is 2. The number of hydrogen-bond acceptors (Lipinski definition) is 6. The van der Waals surface area contributed by atoms with E-state index in [0.29, 0.717) is 47.5 Å². The summed E-state index contributed by atoms with van der Waals surface area (Å²) in [6, 6.07) is 5.46. The van der Waals surface area contributed by atoms with Crippen molar-refractivity contribution in [1.82, 2.24) is 9.55 Å². The summed E-state index contributed by atoms with van der Waals surface area (Å²) < 4.78 is 39.5. The van der Waals surface area contributed by atoms with Gasteiger partial charge in [-0.25, -0.2) is 18.6 Å². The van der Waals surface area contributed by atoms with Gasteiger partial charge in [-0.15, -0.1) is 0 Å². The fraction of sp³-hybridized carbons (Fsp3) is 0.423. The van der Waals surface area contributed by atoms with Crippen molar-refractivity contribution in [2.24, 2.45) is 5.92 Å². The molecule has 4 rings (SSSR count). The van der Waals surface area contributed by atoms with Gasteiger partial charge in [0.15, 0.2) is 17.3 Å². The molecule has 0 bridgehead atoms. The van der Waals surface area contributed by atoms with Gasteiger partial charge in [-0.3, -0.25) is 4.79 Å². The Morgan fingerprint density at radius 2 is 2.08 bits per heavy atom. The van der Waals surface area contributed by atoms with Crippen LogP contribution in [-0.2, 0) is 27.4 Å². The Morgan fingerprint density at radius 3 is 2.75 bits per heavy atom. The third-order valence-electron chi connectivity index (χ3n) is 6.48. The van der Waals surface area contributed by atoms with Crippen LogP contribution in [0.1, 0.15) is 49.2 Å². The van der Waals surface area contributed by atoms with Crippen molar-refractivity contribution in [2.45, 2.75) is 52.3 Å². The molecule has 0 saturated carbocycles. The average molecular weight is 501 g/mol. The Balaban J connectivity index is 1.76. The monoisotopic (exact) mass is 500 g/mol. The van der Waals surface area contributed by atoms with Crippen LogP contribution in [0, 0.1) is 17.6 Å². The second-order valence-electron chi connectivity index (χ2n) is 8.96. The van der Waals surface area contributed by atoms with Crippen LogP contribution in [-0.4, -0.2) is 41.2 Å². The van der Waals surface area contributed by atoms with Crippen LogP contribution in [0.3, 0.4) is 0 Å². The van der Waals surface area contributed by atoms with E-state index in [-0.39, 0.29) is 30.2 Å². The molecule has 1 aliphatic rings. The third kappa shape index (κ3) is 5.33. The average Bonchev–Trinajstić information content (AvgIpc) is 3.50. The molecule has 0 unspecified atom stereocenters. The number of anilines is 2. The van der Waals surface area contributed by atoms with Gasteiger partial charge in [-0.1, -0.05) is 19.9 Å². The van der Waals surface area contributed by atoms with Crippen molar-refractivity contribution in [3.63, 3.8) is 0 Å². The zero-order valence-corrected chi connectivity index (χ0v) is 20.6. The Labute approximate surface area is 208 Å². The van der Waals surface area contributed by atoms with E-state index in [1.165, 1.54) is 13.2 Å². The summed E-state index contributed by atoms with van der Waals surface area (Å²) in [4.78, 5) is 30.4. The quantitative estimate of drug-likeness (QED) is 0.407. The first-order valence-electron chi connectivity index (χ1n) is 12.0. The van der Waals surface area contributed by atoms with E-state index in [0.717, 1.165) is 25.0 Å². The second-order valence-corrected chi connectivity index (χ2v) is 8.96. The topological polar surface area (TPSA) is 94.5 Å². The van der Waals surface area contributed by atoms with Crippen molar-refractivity contribution >= 4 is 34.3 Å². The second kappa shape index (κ2) is 11.0. The van der Waals surface area contributed by atoms with Gasteiger partial charge in [0.25, 0.3) is 0 Å². The molecule has 10 heteroatoms. The number of aromatic nitrogens is 2. The highest BCUT2D eigenvalue weighted by atomic mass is 19.2. The fourth-order valence-corrected chi connectivity index (χ4v) is 4.21. The number of carbonyl (C=O) groups is 2. The highest BCUT2D eigenvalue weighted by Gasteiger charge is 2.29. The molecule has 1 amide bonds. The molecule has 36 heavy (non-hydrogen) atoms. The Kier molecular flexibility index (Phi) is 7.83. The number of methoxy groups -OCH3 is 1. The van der Waals surface area contributed by atoms with E-state index in [1.807, 2.05) is 13.8 Å². The first-order valence-corrected chi connectivity index (χ1v) is 12.0. The van der Waals surface area contributed by atoms with E-state index < -0.39 is 17.6 Å². The lowest BCUT2D eigenvalue weighted by molar-refractivity contribution is -0.119. The predicted octanol–water partition coefficient (Wildman–Crippen LogP) is 4.88. The van der Waals surface area contributed by atoms with Gasteiger partial charge in [0.2, 0.25) is 5.91 Å². The number of esters is 1. The maximum absolute atomic E-state index is 13.6. The van der Waals surface area contributed by atoms with E-state index >= 15 is 0 Å². The fourth-order valence-electron chi connectivity index (χ4n) is 4.21. The standard InChI is InChI=1S/C26H30F2N4O4/c1-4-15(2)25(33)31-22-19-11-17(29-12-16-7-8-20(27)21(28)10-16)13-30-24(19)32(23(22)26(34)35-3)14-18-6-5-9-36-18/h7-8,10-11,13,15,18,29H,4-6,9,12,14H2,1-3H3,(H,31,33)/t15-,18-/m1/s1. The molecular weight excluding hydrogens is 470 g/mol. The SMILES string of the molecule is CC[C@@H](C)C(=O)Nc1c(C(=O)OC)n(C[C@H]2CCCO2)c2ncc(NCc3ccc(F)c(F)c3)cc12. The van der Waals surface area contributed by atoms with E-state index in [4.69, 9.17) is 9.47 Å². The molecule has 3 aromatic rings. The van der Waals surface area contributed by atoms with Crippen LogP contribution in [0.4, 0.5) is 20.2 Å². The molecule has 1 fully saturated rings. The van der Waals surface area contributed by atoms with Gasteiger partial charge in [0.1, 0.15) is 5.65 Å². The zero-order chi connectivity index (χ0) is 25.8. The summed E-state index contributed by atoms with van der Waals surface area (Å²) in [7, 11) is 1.29. The number of nitrogens with zero attached hydrogens (tertiary/aromatic N) is 2. The van der Waals surface area contributed by atoms with Crippen LogP contribution in [0.2, 0.25) is 0 Å². The van der Waals surface area contributed by atoms with E-state index in [2.05, 4.69) is 15.6 Å². The molecular formula is C26H30F2N4O4. The number of nitrogens with one attached hydrogen (secondary N) is 2. The van der Waals surface area contributed by atoms with Gasteiger partial charge >= 0.3 is 5.97 Å². The Hall–Kier alpha value is -3.53. The molecule has 3 heterocycles. The lowest BCUT2D eigenvalue weighted by Crippen LogP contribution is -2.23. The lowest BCUT2D eigenvalue weighted by atomic mass is 10.1. The zero-order valence-electron chi connectivity index (χ0n) is 20.6. The largest absolute Gasteiger partial charge is 0.464 e. The van der Waals surface area contributed by atoms with Crippen LogP contribution < -0.4 is 10.6 Å². The van der Waals surface area contributed by atoms with Gasteiger partial charge in [0, 0.05) is 24.5 Å². The van der Waals surface area contributed by atoms with Crippen molar-refractivity contribution in [1.29, 1.82) is 0 Å². The van der Waals surface area contributed by atoms with Gasteiger partial charge in [0.05, 0.1) is 37.3 Å². The molecule has 2 N–H and O–H groups in total. The van der Waals surface area contributed by atoms with E-state index in [9.17, 15) is 18.4 Å². The number of ether oxygens (including phenoxy) is 2. The third-order valence-corrected chi connectivity index (χ3v) is 6.48. The van der Waals surface area contributed by atoms with Gasteiger partial charge in [-0.05, 0) is 43.0 Å². The number of halogens is 2. The molecule has 192 valence electrons. The molecule has 8 nitrogen and oxygen atoms in total. The van der Waals surface area contributed by atoms with Crippen molar-refractivity contribution in [2.75, 3.05) is 24.4 Å². The first kappa shape index (κ1) is 25.6. The van der Waals surface area contributed by atoms with Crippen molar-refractivity contribution in [3.05, 3.63) is 53.4 Å². The summed E-state index contributed by atoms with van der Waals surface area (Å²) in [6.45, 7) is 4.98. The highest BCUT2D eigenvalue weighted by molar-refractivity contribution is 6.11. The van der Waals surface area contributed by atoms with Crippen LogP contribution in [0.25, 0.3) is 11.0 Å². The predicted molar refractivity (Wildman–Crippen MR) is 132 cm³/mol. The molecule has 2 aromatic heterocycles. The summed E-state index contributed by atoms with van der Waals surface area (Å²) >= 11 is 0. The highest BCUT2D eigenvalue weighted by Crippen LogP contribution is 2.34. The number of benzene rings is 1. The molecule has 0 radical (unpaired) electrons. The number of hydrogen-bond donors (Lipinski definition) is 2. The first-order chi connectivity index (χ1) is 17.3. The number of pyridine rings is 1. The summed E-state index contributed by atoms with van der Waals surface area (Å²) in [5.74, 6) is -2.92. The number of fused-ring (bicyclic) bond motifs is 1. The number of amides is 1.